The number of oxime groups is 1. The van der Waals surface area contributed by atoms with E-state index in [0.717, 1.165) is 21.1 Å². The number of hydrogen-bond acceptors (Lipinski definition) is 12. The van der Waals surface area contributed by atoms with E-state index < -0.39 is 29.2 Å². The van der Waals surface area contributed by atoms with Gasteiger partial charge in [0.05, 0.1) is 23.5 Å². The van der Waals surface area contributed by atoms with E-state index in [1.165, 1.54) is 36.0 Å². The number of carboxylic acid groups (broad SMARTS) is 1. The number of thiazole rings is 1. The van der Waals surface area contributed by atoms with Crippen molar-refractivity contribution in [3.63, 3.8) is 0 Å². The van der Waals surface area contributed by atoms with Crippen molar-refractivity contribution in [1.82, 2.24) is 15.2 Å². The van der Waals surface area contributed by atoms with Crippen molar-refractivity contribution in [2.75, 3.05) is 24.3 Å². The highest BCUT2D eigenvalue weighted by atomic mass is 32.2. The fraction of sp³-hybridized carbons (Fsp3) is 0.286. The Morgan fingerprint density at radius 2 is 2.22 bits per heavy atom. The number of pyridine rings is 1. The number of carbonyl (C=O) groups is 3. The first kappa shape index (κ1) is 25.5. The predicted molar refractivity (Wildman–Crippen MR) is 130 cm³/mol. The van der Waals surface area contributed by atoms with Crippen LogP contribution >= 0.6 is 34.9 Å². The van der Waals surface area contributed by atoms with Crippen LogP contribution in [0.5, 0.6) is 0 Å². The van der Waals surface area contributed by atoms with E-state index in [4.69, 9.17) is 15.8 Å². The third-order valence-electron chi connectivity index (χ3n) is 5.23. The normalized spacial score (nSPS) is 19.3. The maximum absolute atomic E-state index is 12.9. The summed E-state index contributed by atoms with van der Waals surface area (Å²) in [5.74, 6) is -2.08. The number of aliphatic carboxylic acids is 1. The summed E-state index contributed by atoms with van der Waals surface area (Å²) >= 11 is 3.85. The van der Waals surface area contributed by atoms with Crippen molar-refractivity contribution >= 4 is 63.5 Å². The van der Waals surface area contributed by atoms with Gasteiger partial charge in [-0.1, -0.05) is 5.16 Å². The number of nitrogens with zero attached hydrogens (tertiary/aromatic N) is 5. The van der Waals surface area contributed by atoms with Crippen molar-refractivity contribution in [2.45, 2.75) is 22.9 Å². The molecule has 0 spiro atoms. The summed E-state index contributed by atoms with van der Waals surface area (Å²) in [4.78, 5) is 48.6. The highest BCUT2D eigenvalue weighted by molar-refractivity contribution is 8.00. The van der Waals surface area contributed by atoms with Crippen LogP contribution in [-0.4, -0.2) is 63.4 Å². The highest BCUT2D eigenvalue weighted by Gasteiger charge is 2.53. The van der Waals surface area contributed by atoms with Gasteiger partial charge in [0.2, 0.25) is 0 Å². The van der Waals surface area contributed by atoms with E-state index in [-0.39, 0.29) is 28.8 Å². The molecular formula is C21H19N7O5S3. The molecule has 12 nitrogen and oxygen atoms in total. The number of β-lactam (4-membered cyclic amide) rings is 1. The fourth-order valence-corrected chi connectivity index (χ4v) is 6.10. The van der Waals surface area contributed by atoms with Gasteiger partial charge >= 0.3 is 0 Å². The van der Waals surface area contributed by atoms with Gasteiger partial charge in [0, 0.05) is 33.7 Å². The third-order valence-corrected chi connectivity index (χ3v) is 8.12. The summed E-state index contributed by atoms with van der Waals surface area (Å²) in [6.45, 7) is 0.239. The minimum Gasteiger partial charge on any atom is -0.543 e. The minimum atomic E-state index is -1.46. The largest absolute Gasteiger partial charge is 0.543 e. The second kappa shape index (κ2) is 11.0. The molecule has 0 radical (unpaired) electrons. The molecule has 1 fully saturated rings. The third kappa shape index (κ3) is 5.15. The zero-order valence-corrected chi connectivity index (χ0v) is 21.2. The highest BCUT2D eigenvalue weighted by Crippen LogP contribution is 2.40. The molecule has 2 amide bonds. The van der Waals surface area contributed by atoms with Crippen LogP contribution in [-0.2, 0) is 25.8 Å². The molecule has 2 aromatic heterocycles. The van der Waals surface area contributed by atoms with E-state index in [0.29, 0.717) is 17.1 Å². The number of nitrogens with one attached hydrogen (secondary N) is 1. The van der Waals surface area contributed by atoms with Gasteiger partial charge in [-0.3, -0.25) is 14.5 Å². The molecule has 15 heteroatoms. The maximum Gasteiger partial charge on any atom is 0.276 e. The second-order valence-corrected chi connectivity index (χ2v) is 10.5. The standard InChI is InChI=1S/C21H19N7O5S3/c1-33-26-14(13-10-36-21(23)24-13)17(29)25-15-18(30)28-16(20(31)32)11(9-35-19(15)28)8-27-5-2-12(3-6-27)34-7-4-22/h2-3,5-6,10,15,19H,7-9H2,1H3,(H3-,23,24,25,29,31,32)/t15-,19+/m1/s1. The number of nitrogen functional groups attached to an aromatic ring is 1. The molecule has 2 aliphatic heterocycles. The first-order valence-electron chi connectivity index (χ1n) is 10.3. The fourth-order valence-electron chi connectivity index (χ4n) is 3.68. The quantitative estimate of drug-likeness (QED) is 0.132. The SMILES string of the molecule is CON=C(C(=O)N[C@@H]1C(=O)N2C(C(=O)[O-])=C(C[n+]3ccc(SCC#N)cc3)CS[C@@H]12)c1csc(N)n1. The first-order chi connectivity index (χ1) is 17.3. The summed E-state index contributed by atoms with van der Waals surface area (Å²) in [6, 6.07) is 4.76. The number of hydrogen-bond donors (Lipinski definition) is 2. The molecule has 4 rings (SSSR count). The van der Waals surface area contributed by atoms with E-state index in [1.54, 1.807) is 17.0 Å². The zero-order valence-electron chi connectivity index (χ0n) is 18.7. The molecule has 2 aromatic rings. The Morgan fingerprint density at radius 1 is 1.47 bits per heavy atom. The summed E-state index contributed by atoms with van der Waals surface area (Å²) in [7, 11) is 1.27. The predicted octanol–water partition coefficient (Wildman–Crippen LogP) is -0.917. The van der Waals surface area contributed by atoms with Crippen molar-refractivity contribution in [2.24, 2.45) is 5.16 Å². The number of anilines is 1. The van der Waals surface area contributed by atoms with E-state index in [9.17, 15) is 19.5 Å². The molecule has 36 heavy (non-hydrogen) atoms. The van der Waals surface area contributed by atoms with Gasteiger partial charge in [-0.15, -0.1) is 34.9 Å². The van der Waals surface area contributed by atoms with Gasteiger partial charge in [0.15, 0.2) is 29.8 Å². The molecule has 0 aromatic carbocycles. The molecule has 0 aliphatic carbocycles. The van der Waals surface area contributed by atoms with Crippen molar-refractivity contribution in [3.05, 3.63) is 46.9 Å². The molecule has 2 atom stereocenters. The Labute approximate surface area is 217 Å². The van der Waals surface area contributed by atoms with Crippen LogP contribution in [0.3, 0.4) is 0 Å². The van der Waals surface area contributed by atoms with E-state index in [1.807, 2.05) is 12.1 Å². The van der Waals surface area contributed by atoms with Gasteiger partial charge in [0.25, 0.3) is 11.8 Å². The van der Waals surface area contributed by atoms with Crippen LogP contribution in [0.15, 0.2) is 51.2 Å². The molecule has 0 saturated carbocycles. The number of carboxylic acids is 1. The minimum absolute atomic E-state index is 0.151. The van der Waals surface area contributed by atoms with Crippen LogP contribution in [0.1, 0.15) is 5.69 Å². The van der Waals surface area contributed by atoms with E-state index >= 15 is 0 Å². The molecule has 3 N–H and O–H groups in total. The van der Waals surface area contributed by atoms with Crippen LogP contribution in [0.2, 0.25) is 0 Å². The summed E-state index contributed by atoms with van der Waals surface area (Å²) in [6.07, 6.45) is 3.55. The Bertz CT molecular complexity index is 1300. The average Bonchev–Trinajstić information content (AvgIpc) is 3.30. The van der Waals surface area contributed by atoms with Gasteiger partial charge in [-0.05, 0) is 0 Å². The number of amides is 2. The Morgan fingerprint density at radius 3 is 2.83 bits per heavy atom. The second-order valence-electron chi connectivity index (χ2n) is 7.45. The van der Waals surface area contributed by atoms with Crippen LogP contribution in [0.4, 0.5) is 5.13 Å². The monoisotopic (exact) mass is 545 g/mol. The molecule has 0 bridgehead atoms. The lowest BCUT2D eigenvalue weighted by atomic mass is 10.0. The summed E-state index contributed by atoms with van der Waals surface area (Å²) < 4.78 is 1.78. The number of nitriles is 1. The lowest BCUT2D eigenvalue weighted by molar-refractivity contribution is -0.689. The van der Waals surface area contributed by atoms with Crippen molar-refractivity contribution in [1.29, 1.82) is 5.26 Å². The topological polar surface area (TPSA) is 178 Å². The number of aromatic nitrogens is 2. The first-order valence-corrected chi connectivity index (χ1v) is 13.3. The molecule has 0 unspecified atom stereocenters. The van der Waals surface area contributed by atoms with Crippen molar-refractivity contribution < 1.29 is 28.9 Å². The molecule has 4 heterocycles. The van der Waals surface area contributed by atoms with E-state index in [2.05, 4.69) is 21.5 Å². The maximum atomic E-state index is 12.9. The van der Waals surface area contributed by atoms with Gasteiger partial charge in [-0.25, -0.2) is 9.55 Å². The molecule has 1 saturated heterocycles. The molecule has 186 valence electrons. The van der Waals surface area contributed by atoms with Gasteiger partial charge < -0.3 is 25.8 Å². The Kier molecular flexibility index (Phi) is 7.77. The number of fused-ring (bicyclic) bond motifs is 1. The number of rotatable bonds is 9. The lowest BCUT2D eigenvalue weighted by Crippen LogP contribution is -2.71. The zero-order chi connectivity index (χ0) is 25.8. The van der Waals surface area contributed by atoms with Crippen molar-refractivity contribution in [3.8, 4) is 6.07 Å². The lowest BCUT2D eigenvalue weighted by Gasteiger charge is -2.50. The molecule has 2 aliphatic rings. The van der Waals surface area contributed by atoms with Gasteiger partial charge in [-0.2, -0.15) is 5.26 Å². The van der Waals surface area contributed by atoms with Crippen LogP contribution in [0, 0.1) is 11.3 Å². The number of carbonyl (C=O) groups excluding carboxylic acids is 3. The summed E-state index contributed by atoms with van der Waals surface area (Å²) in [5.41, 5.74) is 6.00. The molecular weight excluding hydrogens is 526 g/mol. The number of nitrogens with two attached hydrogens (primary N) is 1. The van der Waals surface area contributed by atoms with Gasteiger partial charge in [0.1, 0.15) is 24.2 Å². The smallest absolute Gasteiger partial charge is 0.276 e. The summed E-state index contributed by atoms with van der Waals surface area (Å²) in [5, 5.41) is 28.2. The number of thioether (sulfide) groups is 2. The Balaban J connectivity index is 1.49. The average molecular weight is 546 g/mol. The van der Waals surface area contributed by atoms with Crippen LogP contribution in [0.25, 0.3) is 0 Å². The Hall–Kier alpha value is -3.61. The van der Waals surface area contributed by atoms with Crippen LogP contribution < -0.4 is 20.7 Å².